The van der Waals surface area contributed by atoms with Gasteiger partial charge in [0.25, 0.3) is 0 Å². The number of hydrogen-bond donors (Lipinski definition) is 0. The lowest BCUT2D eigenvalue weighted by Crippen LogP contribution is -2.26. The zero-order chi connectivity index (χ0) is 17.8. The Morgan fingerprint density at radius 3 is 2.88 bits per heavy atom. The normalized spacial score (nSPS) is 18.2. The van der Waals surface area contributed by atoms with Crippen LogP contribution in [-0.4, -0.2) is 30.8 Å². The molecule has 0 radical (unpaired) electrons. The van der Waals surface area contributed by atoms with Gasteiger partial charge < -0.3 is 9.64 Å². The first kappa shape index (κ1) is 17.7. The van der Waals surface area contributed by atoms with Crippen molar-refractivity contribution in [2.75, 3.05) is 24.6 Å². The summed E-state index contributed by atoms with van der Waals surface area (Å²) in [5, 5.41) is 10.7. The molecule has 3 rings (SSSR count). The van der Waals surface area contributed by atoms with E-state index in [1.54, 1.807) is 6.20 Å². The molecule has 0 saturated carbocycles. The second-order valence-corrected chi connectivity index (χ2v) is 7.02. The molecule has 2 aromatic rings. The average molecular weight is 337 g/mol. The number of aryl methyl sites for hydroxylation is 2. The third kappa shape index (κ3) is 3.77. The predicted molar refractivity (Wildman–Crippen MR) is 102 cm³/mol. The van der Waals surface area contributed by atoms with Crippen LogP contribution >= 0.6 is 0 Å². The topological polar surface area (TPSA) is 49.1 Å². The van der Waals surface area contributed by atoms with E-state index < -0.39 is 0 Å². The van der Waals surface area contributed by atoms with Gasteiger partial charge in [0, 0.05) is 31.3 Å². The van der Waals surface area contributed by atoms with Gasteiger partial charge in [-0.25, -0.2) is 0 Å². The van der Waals surface area contributed by atoms with E-state index in [0.29, 0.717) is 11.7 Å². The van der Waals surface area contributed by atoms with E-state index in [1.165, 1.54) is 11.1 Å². The van der Waals surface area contributed by atoms with Crippen LogP contribution in [0.15, 0.2) is 18.3 Å². The van der Waals surface area contributed by atoms with E-state index >= 15 is 0 Å². The lowest BCUT2D eigenvalue weighted by Gasteiger charge is -2.26. The maximum absolute atomic E-state index is 9.64. The van der Waals surface area contributed by atoms with Gasteiger partial charge in [-0.2, -0.15) is 5.26 Å². The van der Waals surface area contributed by atoms with Crippen LogP contribution in [0.25, 0.3) is 10.9 Å². The number of hydrogen-bond acceptors (Lipinski definition) is 4. The van der Waals surface area contributed by atoms with Crippen molar-refractivity contribution in [1.29, 1.82) is 5.26 Å². The van der Waals surface area contributed by atoms with Crippen molar-refractivity contribution in [3.63, 3.8) is 0 Å². The summed E-state index contributed by atoms with van der Waals surface area (Å²) in [7, 11) is 0. The number of benzene rings is 1. The summed E-state index contributed by atoms with van der Waals surface area (Å²) in [4.78, 5) is 6.92. The minimum atomic E-state index is 0.340. The molecule has 1 atom stereocenters. The Morgan fingerprint density at radius 2 is 2.12 bits per heavy atom. The molecule has 1 aliphatic heterocycles. The van der Waals surface area contributed by atoms with Crippen molar-refractivity contribution >= 4 is 16.6 Å². The van der Waals surface area contributed by atoms with Crippen LogP contribution in [0, 0.1) is 25.2 Å². The van der Waals surface area contributed by atoms with Crippen molar-refractivity contribution in [1.82, 2.24) is 4.98 Å². The molecule has 2 heterocycles. The SMILES string of the molecule is CCCOC1CCCN(c2c(C#N)cnc3c(C)cc(C)cc23)CC1. The molecule has 1 saturated heterocycles. The first-order valence-electron chi connectivity index (χ1n) is 9.30. The average Bonchev–Trinajstić information content (AvgIpc) is 2.84. The second kappa shape index (κ2) is 7.84. The summed E-state index contributed by atoms with van der Waals surface area (Å²) >= 11 is 0. The van der Waals surface area contributed by atoms with E-state index in [-0.39, 0.29) is 0 Å². The highest BCUT2D eigenvalue weighted by Crippen LogP contribution is 2.33. The molecular formula is C21H27N3O. The fourth-order valence-electron chi connectivity index (χ4n) is 3.81. The fraction of sp³-hybridized carbons (Fsp3) is 0.524. The second-order valence-electron chi connectivity index (χ2n) is 7.02. The molecule has 0 bridgehead atoms. The highest BCUT2D eigenvalue weighted by Gasteiger charge is 2.22. The van der Waals surface area contributed by atoms with Crippen LogP contribution in [0.3, 0.4) is 0 Å². The first-order chi connectivity index (χ1) is 12.1. The van der Waals surface area contributed by atoms with Gasteiger partial charge in [-0.1, -0.05) is 18.6 Å². The third-order valence-corrected chi connectivity index (χ3v) is 4.95. The highest BCUT2D eigenvalue weighted by molar-refractivity contribution is 5.96. The number of fused-ring (bicyclic) bond motifs is 1. The fourth-order valence-corrected chi connectivity index (χ4v) is 3.81. The number of anilines is 1. The van der Waals surface area contributed by atoms with Crippen LogP contribution in [0.4, 0.5) is 5.69 Å². The lowest BCUT2D eigenvalue weighted by atomic mass is 10.0. The van der Waals surface area contributed by atoms with Gasteiger partial charge in [0.05, 0.1) is 22.9 Å². The highest BCUT2D eigenvalue weighted by atomic mass is 16.5. The Morgan fingerprint density at radius 1 is 1.28 bits per heavy atom. The quantitative estimate of drug-likeness (QED) is 0.823. The number of rotatable bonds is 4. The number of nitriles is 1. The number of pyridine rings is 1. The van der Waals surface area contributed by atoms with Crippen LogP contribution in [0.5, 0.6) is 0 Å². The van der Waals surface area contributed by atoms with Gasteiger partial charge in [-0.05, 0) is 51.2 Å². The number of nitrogens with zero attached hydrogens (tertiary/aromatic N) is 3. The zero-order valence-corrected chi connectivity index (χ0v) is 15.5. The first-order valence-corrected chi connectivity index (χ1v) is 9.30. The largest absolute Gasteiger partial charge is 0.378 e. The molecule has 0 N–H and O–H groups in total. The van der Waals surface area contributed by atoms with Crippen molar-refractivity contribution in [3.05, 3.63) is 35.0 Å². The summed E-state index contributed by atoms with van der Waals surface area (Å²) in [6.45, 7) is 9.07. The Hall–Kier alpha value is -2.12. The van der Waals surface area contributed by atoms with E-state index in [1.807, 2.05) is 0 Å². The number of ether oxygens (including phenoxy) is 1. The van der Waals surface area contributed by atoms with Crippen molar-refractivity contribution in [3.8, 4) is 6.07 Å². The minimum absolute atomic E-state index is 0.340. The van der Waals surface area contributed by atoms with E-state index in [2.05, 4.69) is 48.9 Å². The van der Waals surface area contributed by atoms with Gasteiger partial charge in [0.2, 0.25) is 0 Å². The molecule has 4 nitrogen and oxygen atoms in total. The Kier molecular flexibility index (Phi) is 5.55. The van der Waals surface area contributed by atoms with Crippen LogP contribution in [0.1, 0.15) is 49.3 Å². The minimum Gasteiger partial charge on any atom is -0.378 e. The maximum Gasteiger partial charge on any atom is 0.103 e. The summed E-state index contributed by atoms with van der Waals surface area (Å²) in [6.07, 6.45) is 6.34. The zero-order valence-electron chi connectivity index (χ0n) is 15.5. The third-order valence-electron chi connectivity index (χ3n) is 4.95. The molecule has 25 heavy (non-hydrogen) atoms. The summed E-state index contributed by atoms with van der Waals surface area (Å²) < 4.78 is 5.97. The van der Waals surface area contributed by atoms with Gasteiger partial charge >= 0.3 is 0 Å². The molecule has 1 unspecified atom stereocenters. The van der Waals surface area contributed by atoms with E-state index in [9.17, 15) is 5.26 Å². The monoisotopic (exact) mass is 337 g/mol. The molecule has 0 spiro atoms. The number of aromatic nitrogens is 1. The summed E-state index contributed by atoms with van der Waals surface area (Å²) in [6, 6.07) is 6.68. The lowest BCUT2D eigenvalue weighted by molar-refractivity contribution is 0.0461. The Bertz CT molecular complexity index is 794. The summed E-state index contributed by atoms with van der Waals surface area (Å²) in [5.41, 5.74) is 5.10. The molecule has 0 amide bonds. The Labute approximate surface area is 150 Å². The molecule has 4 heteroatoms. The molecule has 1 aromatic heterocycles. The molecular weight excluding hydrogens is 310 g/mol. The van der Waals surface area contributed by atoms with E-state index in [0.717, 1.165) is 62.0 Å². The standard InChI is InChI=1S/C21H27N3O/c1-4-10-25-18-6-5-8-24(9-7-18)21-17(13-22)14-23-20-16(3)11-15(2)12-19(20)21/h11-12,14,18H,4-10H2,1-3H3. The molecule has 0 aliphatic carbocycles. The molecule has 1 fully saturated rings. The molecule has 132 valence electrons. The van der Waals surface area contributed by atoms with Gasteiger partial charge in [-0.15, -0.1) is 0 Å². The summed E-state index contributed by atoms with van der Waals surface area (Å²) in [5.74, 6) is 0. The van der Waals surface area contributed by atoms with Crippen molar-refractivity contribution in [2.45, 2.75) is 52.6 Å². The Balaban J connectivity index is 1.98. The van der Waals surface area contributed by atoms with Crippen LogP contribution in [0.2, 0.25) is 0 Å². The molecule has 1 aromatic carbocycles. The van der Waals surface area contributed by atoms with E-state index in [4.69, 9.17) is 4.74 Å². The molecule has 1 aliphatic rings. The predicted octanol–water partition coefficient (Wildman–Crippen LogP) is 4.51. The van der Waals surface area contributed by atoms with Crippen molar-refractivity contribution in [2.24, 2.45) is 0 Å². The van der Waals surface area contributed by atoms with Gasteiger partial charge in [0.1, 0.15) is 6.07 Å². The van der Waals surface area contributed by atoms with Crippen LogP contribution in [-0.2, 0) is 4.74 Å². The smallest absolute Gasteiger partial charge is 0.103 e. The maximum atomic E-state index is 9.64. The van der Waals surface area contributed by atoms with Crippen LogP contribution < -0.4 is 4.90 Å². The van der Waals surface area contributed by atoms with Gasteiger partial charge in [-0.3, -0.25) is 4.98 Å². The van der Waals surface area contributed by atoms with Gasteiger partial charge in [0.15, 0.2) is 0 Å². The van der Waals surface area contributed by atoms with Crippen molar-refractivity contribution < 1.29 is 4.74 Å².